The average Bonchev–Trinajstić information content (AvgIpc) is 2.46. The summed E-state index contributed by atoms with van der Waals surface area (Å²) in [5, 5.41) is 2.92. The van der Waals surface area contributed by atoms with E-state index in [1.165, 1.54) is 12.1 Å². The number of hydrogen-bond donors (Lipinski definition) is 1. The zero-order chi connectivity index (χ0) is 16.1. The molecule has 1 atom stereocenters. The fraction of sp³-hybridized carbons (Fsp3) is 0.353. The molecule has 0 fully saturated rings. The Balaban J connectivity index is 2.23. The number of hydrogen-bond acceptors (Lipinski definition) is 4. The van der Waals surface area contributed by atoms with Gasteiger partial charge in [0.15, 0.2) is 11.2 Å². The Hall–Kier alpha value is -2.43. The Labute approximate surface area is 129 Å². The van der Waals surface area contributed by atoms with E-state index in [9.17, 15) is 9.59 Å². The summed E-state index contributed by atoms with van der Waals surface area (Å²) in [6.07, 6.45) is 4.20. The summed E-state index contributed by atoms with van der Waals surface area (Å²) in [6, 6.07) is 6.14. The van der Waals surface area contributed by atoms with Crippen LogP contribution >= 0.6 is 0 Å². The normalized spacial score (nSPS) is 12.2. The van der Waals surface area contributed by atoms with Crippen molar-refractivity contribution >= 4 is 5.91 Å². The molecule has 2 rings (SSSR count). The molecule has 5 heteroatoms. The lowest BCUT2D eigenvalue weighted by molar-refractivity contribution is 0.0899. The van der Waals surface area contributed by atoms with Gasteiger partial charge in [-0.15, -0.1) is 0 Å². The summed E-state index contributed by atoms with van der Waals surface area (Å²) in [6.45, 7) is 5.82. The molecule has 0 saturated heterocycles. The first-order valence-corrected chi connectivity index (χ1v) is 7.28. The van der Waals surface area contributed by atoms with Crippen LogP contribution in [0.25, 0.3) is 0 Å². The number of carbonyl (C=O) groups is 1. The molecular formula is C17H20N2O3. The Bertz CT molecular complexity index is 693. The van der Waals surface area contributed by atoms with Gasteiger partial charge >= 0.3 is 0 Å². The average molecular weight is 300 g/mol. The van der Waals surface area contributed by atoms with Gasteiger partial charge in [0.05, 0.1) is 6.04 Å². The van der Waals surface area contributed by atoms with Gasteiger partial charge in [0.25, 0.3) is 5.91 Å². The smallest absolute Gasteiger partial charge is 0.287 e. The Kier molecular flexibility index (Phi) is 5.09. The first-order chi connectivity index (χ1) is 10.5. The zero-order valence-corrected chi connectivity index (χ0v) is 13.0. The second-order valence-corrected chi connectivity index (χ2v) is 5.71. The number of carbonyl (C=O) groups excluding carboxylic acids is 1. The largest absolute Gasteiger partial charge is 0.456 e. The van der Waals surface area contributed by atoms with Gasteiger partial charge in [-0.1, -0.05) is 19.9 Å². The van der Waals surface area contributed by atoms with E-state index in [2.05, 4.69) is 24.1 Å². The van der Waals surface area contributed by atoms with Crippen molar-refractivity contribution in [2.45, 2.75) is 33.2 Å². The fourth-order valence-corrected chi connectivity index (χ4v) is 2.28. The molecule has 0 bridgehead atoms. The highest BCUT2D eigenvalue weighted by Crippen LogP contribution is 2.21. The Morgan fingerprint density at radius 3 is 2.73 bits per heavy atom. The summed E-state index contributed by atoms with van der Waals surface area (Å²) >= 11 is 0. The number of aryl methyl sites for hydroxylation is 1. The molecule has 1 N–H and O–H groups in total. The first-order valence-electron chi connectivity index (χ1n) is 7.28. The van der Waals surface area contributed by atoms with Crippen LogP contribution in [0.4, 0.5) is 0 Å². The summed E-state index contributed by atoms with van der Waals surface area (Å²) in [5.74, 6) is 0.451. The van der Waals surface area contributed by atoms with Gasteiger partial charge in [-0.05, 0) is 30.9 Å². The van der Waals surface area contributed by atoms with Crippen LogP contribution in [0.15, 0.2) is 45.9 Å². The second kappa shape index (κ2) is 7.02. The zero-order valence-electron chi connectivity index (χ0n) is 13.0. The third-order valence-electron chi connectivity index (χ3n) is 3.21. The van der Waals surface area contributed by atoms with Gasteiger partial charge in [0, 0.05) is 24.5 Å². The fourth-order valence-electron chi connectivity index (χ4n) is 2.28. The molecule has 0 radical (unpaired) electrons. The van der Waals surface area contributed by atoms with Crippen LogP contribution in [0.5, 0.6) is 0 Å². The van der Waals surface area contributed by atoms with E-state index in [0.717, 1.165) is 12.0 Å². The summed E-state index contributed by atoms with van der Waals surface area (Å²) < 4.78 is 5.33. The molecule has 0 aliphatic rings. The van der Waals surface area contributed by atoms with Crippen molar-refractivity contribution in [1.29, 1.82) is 0 Å². The molecule has 22 heavy (non-hydrogen) atoms. The predicted molar refractivity (Wildman–Crippen MR) is 83.6 cm³/mol. The van der Waals surface area contributed by atoms with Crippen molar-refractivity contribution in [2.24, 2.45) is 5.92 Å². The molecule has 2 aromatic heterocycles. The van der Waals surface area contributed by atoms with Gasteiger partial charge in [-0.3, -0.25) is 14.6 Å². The Morgan fingerprint density at radius 2 is 2.14 bits per heavy atom. The standard InChI is InChI=1S/C17H20N2O3/c1-11(2)7-15(13-5-4-6-18-10-13)19-17(21)16-9-14(20)8-12(3)22-16/h4-6,8-11,15H,7H2,1-3H3,(H,19,21)/t15-/m0/s1. The van der Waals surface area contributed by atoms with Gasteiger partial charge in [0.1, 0.15) is 5.76 Å². The van der Waals surface area contributed by atoms with E-state index in [0.29, 0.717) is 11.7 Å². The maximum Gasteiger partial charge on any atom is 0.287 e. The SMILES string of the molecule is Cc1cc(=O)cc(C(=O)N[C@@H](CC(C)C)c2cccnc2)o1. The number of pyridine rings is 1. The summed E-state index contributed by atoms with van der Waals surface area (Å²) in [5.41, 5.74) is 0.690. The lowest BCUT2D eigenvalue weighted by Gasteiger charge is -2.20. The lowest BCUT2D eigenvalue weighted by Crippen LogP contribution is -2.30. The molecule has 0 aliphatic heterocycles. The molecule has 0 aliphatic carbocycles. The highest BCUT2D eigenvalue weighted by Gasteiger charge is 2.19. The minimum atomic E-state index is -0.393. The third kappa shape index (κ3) is 4.28. The van der Waals surface area contributed by atoms with Crippen molar-refractivity contribution in [2.75, 3.05) is 0 Å². The van der Waals surface area contributed by atoms with Gasteiger partial charge in [0.2, 0.25) is 0 Å². The van der Waals surface area contributed by atoms with Crippen LogP contribution in [-0.4, -0.2) is 10.9 Å². The van der Waals surface area contributed by atoms with Crippen molar-refractivity contribution in [1.82, 2.24) is 10.3 Å². The van der Waals surface area contributed by atoms with Crippen LogP contribution in [0.3, 0.4) is 0 Å². The number of nitrogens with zero attached hydrogens (tertiary/aromatic N) is 1. The topological polar surface area (TPSA) is 72.2 Å². The molecule has 0 unspecified atom stereocenters. The van der Waals surface area contributed by atoms with Crippen molar-refractivity contribution in [3.05, 3.63) is 64.0 Å². The van der Waals surface area contributed by atoms with E-state index in [-0.39, 0.29) is 17.2 Å². The van der Waals surface area contributed by atoms with Crippen LogP contribution in [0.2, 0.25) is 0 Å². The molecule has 1 amide bonds. The van der Waals surface area contributed by atoms with E-state index in [4.69, 9.17) is 4.42 Å². The Morgan fingerprint density at radius 1 is 1.36 bits per heavy atom. The van der Waals surface area contributed by atoms with Crippen LogP contribution in [0, 0.1) is 12.8 Å². The van der Waals surface area contributed by atoms with E-state index in [1.54, 1.807) is 19.3 Å². The van der Waals surface area contributed by atoms with Gasteiger partial charge in [-0.25, -0.2) is 0 Å². The highest BCUT2D eigenvalue weighted by atomic mass is 16.3. The third-order valence-corrected chi connectivity index (χ3v) is 3.21. The lowest BCUT2D eigenvalue weighted by atomic mass is 9.98. The monoisotopic (exact) mass is 300 g/mol. The van der Waals surface area contributed by atoms with E-state index < -0.39 is 5.91 Å². The predicted octanol–water partition coefficient (Wildman–Crippen LogP) is 2.86. The number of rotatable bonds is 5. The number of nitrogens with one attached hydrogen (secondary N) is 1. The van der Waals surface area contributed by atoms with E-state index >= 15 is 0 Å². The molecule has 0 spiro atoms. The minimum absolute atomic E-state index is 0.0302. The molecular weight excluding hydrogens is 280 g/mol. The minimum Gasteiger partial charge on any atom is -0.456 e. The van der Waals surface area contributed by atoms with Gasteiger partial charge < -0.3 is 9.73 Å². The maximum absolute atomic E-state index is 12.4. The van der Waals surface area contributed by atoms with Crippen LogP contribution in [-0.2, 0) is 0 Å². The maximum atomic E-state index is 12.4. The molecule has 2 aromatic rings. The number of aromatic nitrogens is 1. The second-order valence-electron chi connectivity index (χ2n) is 5.71. The highest BCUT2D eigenvalue weighted by molar-refractivity contribution is 5.91. The molecule has 0 saturated carbocycles. The molecule has 2 heterocycles. The van der Waals surface area contributed by atoms with Gasteiger partial charge in [-0.2, -0.15) is 0 Å². The molecule has 5 nitrogen and oxygen atoms in total. The molecule has 0 aromatic carbocycles. The number of amides is 1. The van der Waals surface area contributed by atoms with Crippen LogP contribution in [0.1, 0.15) is 48.2 Å². The van der Waals surface area contributed by atoms with E-state index in [1.807, 2.05) is 12.1 Å². The van der Waals surface area contributed by atoms with Crippen molar-refractivity contribution < 1.29 is 9.21 Å². The van der Waals surface area contributed by atoms with Crippen LogP contribution < -0.4 is 10.7 Å². The van der Waals surface area contributed by atoms with Crippen molar-refractivity contribution in [3.8, 4) is 0 Å². The first kappa shape index (κ1) is 15.9. The molecule has 116 valence electrons. The summed E-state index contributed by atoms with van der Waals surface area (Å²) in [7, 11) is 0. The van der Waals surface area contributed by atoms with Crippen molar-refractivity contribution in [3.63, 3.8) is 0 Å². The summed E-state index contributed by atoms with van der Waals surface area (Å²) in [4.78, 5) is 27.9. The quantitative estimate of drug-likeness (QED) is 0.921.